The quantitative estimate of drug-likeness (QED) is 0.153. The van der Waals surface area contributed by atoms with Crippen LogP contribution < -0.4 is 4.74 Å². The van der Waals surface area contributed by atoms with Crippen LogP contribution in [0.5, 0.6) is 5.75 Å². The molecule has 224 valence electrons. The van der Waals surface area contributed by atoms with Gasteiger partial charge in [-0.1, -0.05) is 92.7 Å². The standard InChI is InChI=1S/C41H42OS2/c1-8-41(9-2)35-18-14-13-17-32(35)38-34-26-37(44-7)36(43-6)25-33(34)27(3)31(39(38)41)23-24-40(4,28-15-11-10-12-16-28)29-19-21-30(42-5)22-20-29/h10-26H,8-9H2,1-7H3/b24-23-. The topological polar surface area (TPSA) is 9.23 Å². The van der Waals surface area contributed by atoms with Gasteiger partial charge in [-0.3, -0.25) is 0 Å². The average molecular weight is 615 g/mol. The lowest BCUT2D eigenvalue weighted by Crippen LogP contribution is -2.25. The summed E-state index contributed by atoms with van der Waals surface area (Å²) < 4.78 is 5.52. The molecule has 0 saturated heterocycles. The van der Waals surface area contributed by atoms with E-state index in [9.17, 15) is 0 Å². The predicted molar refractivity (Wildman–Crippen MR) is 194 cm³/mol. The van der Waals surface area contributed by atoms with E-state index in [4.69, 9.17) is 4.74 Å². The first-order valence-corrected chi connectivity index (χ1v) is 18.0. The van der Waals surface area contributed by atoms with Crippen LogP contribution in [0.4, 0.5) is 0 Å². The van der Waals surface area contributed by atoms with E-state index in [2.05, 4.69) is 143 Å². The second-order valence-corrected chi connectivity index (χ2v) is 13.7. The van der Waals surface area contributed by atoms with Gasteiger partial charge in [0.1, 0.15) is 5.75 Å². The first-order valence-electron chi connectivity index (χ1n) is 15.6. The van der Waals surface area contributed by atoms with Crippen molar-refractivity contribution in [3.63, 3.8) is 0 Å². The molecule has 3 heteroatoms. The SMILES string of the molecule is CCC1(CC)c2ccccc2-c2c1c(/C=C\C(C)(c1ccccc1)c1ccc(OC)cc1)c(C)c1cc(SC)c(SC)cc21. The largest absolute Gasteiger partial charge is 0.497 e. The van der Waals surface area contributed by atoms with Gasteiger partial charge in [-0.25, -0.2) is 0 Å². The van der Waals surface area contributed by atoms with Crippen molar-refractivity contribution in [2.75, 3.05) is 19.6 Å². The molecule has 0 amide bonds. The fraction of sp³-hybridized carbons (Fsp3) is 0.268. The molecule has 44 heavy (non-hydrogen) atoms. The van der Waals surface area contributed by atoms with Gasteiger partial charge in [-0.05, 0) is 119 Å². The van der Waals surface area contributed by atoms with Crippen LogP contribution in [0.15, 0.2) is 107 Å². The summed E-state index contributed by atoms with van der Waals surface area (Å²) in [5.74, 6) is 0.874. The number of thioether (sulfide) groups is 2. The summed E-state index contributed by atoms with van der Waals surface area (Å²) in [6, 6.07) is 33.6. The molecule has 5 aromatic rings. The molecule has 1 atom stereocenters. The number of fused-ring (bicyclic) bond motifs is 5. The van der Waals surface area contributed by atoms with Crippen LogP contribution in [-0.2, 0) is 10.8 Å². The van der Waals surface area contributed by atoms with Gasteiger partial charge in [0.15, 0.2) is 0 Å². The molecule has 0 saturated carbocycles. The minimum absolute atomic E-state index is 0.0362. The van der Waals surface area contributed by atoms with E-state index >= 15 is 0 Å². The van der Waals surface area contributed by atoms with Gasteiger partial charge in [0.25, 0.3) is 0 Å². The molecule has 0 heterocycles. The average Bonchev–Trinajstić information content (AvgIpc) is 3.38. The first-order chi connectivity index (χ1) is 21.4. The van der Waals surface area contributed by atoms with Crippen molar-refractivity contribution in [2.24, 2.45) is 0 Å². The molecule has 0 bridgehead atoms. The smallest absolute Gasteiger partial charge is 0.118 e. The molecule has 0 spiro atoms. The lowest BCUT2D eigenvalue weighted by molar-refractivity contribution is 0.414. The van der Waals surface area contributed by atoms with E-state index in [1.54, 1.807) is 7.11 Å². The Bertz CT molecular complexity index is 1850. The van der Waals surface area contributed by atoms with Crippen LogP contribution in [0, 0.1) is 6.92 Å². The van der Waals surface area contributed by atoms with Crippen molar-refractivity contribution in [3.05, 3.63) is 130 Å². The monoisotopic (exact) mass is 614 g/mol. The number of ether oxygens (including phenoxy) is 1. The molecule has 0 fully saturated rings. The van der Waals surface area contributed by atoms with E-state index in [1.165, 1.54) is 65.1 Å². The molecule has 1 aliphatic rings. The summed E-state index contributed by atoms with van der Waals surface area (Å²) in [5.41, 5.74) is 10.7. The molecule has 0 N–H and O–H groups in total. The Kier molecular flexibility index (Phi) is 8.48. The second-order valence-electron chi connectivity index (χ2n) is 12.0. The number of allylic oxidation sites excluding steroid dienone is 1. The lowest BCUT2D eigenvalue weighted by atomic mass is 9.70. The van der Waals surface area contributed by atoms with Crippen molar-refractivity contribution in [1.29, 1.82) is 0 Å². The predicted octanol–water partition coefficient (Wildman–Crippen LogP) is 11.7. The fourth-order valence-electron chi connectivity index (χ4n) is 7.55. The van der Waals surface area contributed by atoms with E-state index in [0.29, 0.717) is 0 Å². The molecule has 0 radical (unpaired) electrons. The fourth-order valence-corrected chi connectivity index (χ4v) is 9.04. The van der Waals surface area contributed by atoms with Crippen molar-refractivity contribution in [2.45, 2.75) is 61.2 Å². The van der Waals surface area contributed by atoms with E-state index in [1.807, 2.05) is 23.5 Å². The van der Waals surface area contributed by atoms with Crippen molar-refractivity contribution >= 4 is 40.4 Å². The molecule has 0 aliphatic heterocycles. The molecule has 1 aliphatic carbocycles. The normalized spacial score (nSPS) is 14.9. The number of methoxy groups -OCH3 is 1. The van der Waals surface area contributed by atoms with Crippen LogP contribution in [-0.4, -0.2) is 19.6 Å². The van der Waals surface area contributed by atoms with Crippen LogP contribution in [0.3, 0.4) is 0 Å². The Hall–Kier alpha value is -3.40. The maximum atomic E-state index is 5.52. The second kappa shape index (κ2) is 12.2. The first kappa shape index (κ1) is 30.6. The minimum Gasteiger partial charge on any atom is -0.497 e. The van der Waals surface area contributed by atoms with Crippen molar-refractivity contribution in [3.8, 4) is 16.9 Å². The molecule has 0 aromatic heterocycles. The van der Waals surface area contributed by atoms with E-state index < -0.39 is 0 Å². The Morgan fingerprint density at radius 3 is 1.98 bits per heavy atom. The van der Waals surface area contributed by atoms with Crippen LogP contribution >= 0.6 is 23.5 Å². The highest BCUT2D eigenvalue weighted by Crippen LogP contribution is 2.58. The van der Waals surface area contributed by atoms with Gasteiger partial charge < -0.3 is 4.74 Å². The summed E-state index contributed by atoms with van der Waals surface area (Å²) in [4.78, 5) is 2.70. The summed E-state index contributed by atoms with van der Waals surface area (Å²) >= 11 is 3.69. The number of benzene rings is 5. The molecular formula is C41H42OS2. The highest BCUT2D eigenvalue weighted by molar-refractivity contribution is 8.01. The van der Waals surface area contributed by atoms with Gasteiger partial charge in [0.05, 0.1) is 7.11 Å². The van der Waals surface area contributed by atoms with Gasteiger partial charge in [-0.2, -0.15) is 0 Å². The highest BCUT2D eigenvalue weighted by atomic mass is 32.2. The maximum absolute atomic E-state index is 5.52. The van der Waals surface area contributed by atoms with Gasteiger partial charge in [0, 0.05) is 20.6 Å². The number of rotatable bonds is 9. The Balaban J connectivity index is 1.69. The summed E-state index contributed by atoms with van der Waals surface area (Å²) in [7, 11) is 1.73. The van der Waals surface area contributed by atoms with Crippen molar-refractivity contribution < 1.29 is 4.74 Å². The van der Waals surface area contributed by atoms with Gasteiger partial charge in [0.2, 0.25) is 0 Å². The Morgan fingerprint density at radius 1 is 0.773 bits per heavy atom. The summed E-state index contributed by atoms with van der Waals surface area (Å²) in [6.07, 6.45) is 11.4. The van der Waals surface area contributed by atoms with Crippen LogP contribution in [0.1, 0.15) is 67.0 Å². The molecule has 6 rings (SSSR count). The van der Waals surface area contributed by atoms with Crippen molar-refractivity contribution in [1.82, 2.24) is 0 Å². The van der Waals surface area contributed by atoms with Gasteiger partial charge >= 0.3 is 0 Å². The molecule has 1 nitrogen and oxygen atoms in total. The number of aryl methyl sites for hydroxylation is 1. The summed E-state index contributed by atoms with van der Waals surface area (Å²) in [5, 5.41) is 2.74. The zero-order chi connectivity index (χ0) is 31.1. The lowest BCUT2D eigenvalue weighted by Gasteiger charge is -2.33. The van der Waals surface area contributed by atoms with Crippen LogP contribution in [0.25, 0.3) is 28.0 Å². The molecule has 1 unspecified atom stereocenters. The minimum atomic E-state index is -0.332. The third-order valence-corrected chi connectivity index (χ3v) is 11.8. The number of hydrogen-bond donors (Lipinski definition) is 0. The highest BCUT2D eigenvalue weighted by Gasteiger charge is 2.43. The zero-order valence-corrected chi connectivity index (χ0v) is 28.6. The molecular weight excluding hydrogens is 573 g/mol. The third-order valence-electron chi connectivity index (χ3n) is 10.2. The summed E-state index contributed by atoms with van der Waals surface area (Å²) in [6.45, 7) is 9.43. The van der Waals surface area contributed by atoms with Gasteiger partial charge in [-0.15, -0.1) is 23.5 Å². The Morgan fingerprint density at radius 2 is 1.36 bits per heavy atom. The number of hydrogen-bond acceptors (Lipinski definition) is 3. The zero-order valence-electron chi connectivity index (χ0n) is 27.0. The van der Waals surface area contributed by atoms with E-state index in [0.717, 1.165) is 18.6 Å². The molecule has 5 aromatic carbocycles. The van der Waals surface area contributed by atoms with E-state index in [-0.39, 0.29) is 10.8 Å². The third kappa shape index (κ3) is 4.71. The van der Waals surface area contributed by atoms with Crippen LogP contribution in [0.2, 0.25) is 0 Å². The Labute approximate surface area is 272 Å². The maximum Gasteiger partial charge on any atom is 0.118 e.